The van der Waals surface area contributed by atoms with Crippen LogP contribution in [0.2, 0.25) is 0 Å². The number of carbonyl (C=O) groups is 2. The first-order valence-corrected chi connectivity index (χ1v) is 4.61. The van der Waals surface area contributed by atoms with Crippen molar-refractivity contribution in [2.24, 2.45) is 0 Å². The van der Waals surface area contributed by atoms with E-state index in [1.165, 1.54) is 12.1 Å². The maximum atomic E-state index is 11.3. The monoisotopic (exact) mass is 207 g/mol. The Morgan fingerprint density at radius 3 is 2.20 bits per heavy atom. The van der Waals surface area contributed by atoms with Gasteiger partial charge in [0.25, 0.3) is 0 Å². The van der Waals surface area contributed by atoms with Crippen LogP contribution in [0.3, 0.4) is 0 Å². The van der Waals surface area contributed by atoms with Gasteiger partial charge in [0.2, 0.25) is 5.91 Å². The molecule has 2 N–H and O–H groups in total. The number of rotatable bonds is 3. The maximum absolute atomic E-state index is 11.3. The summed E-state index contributed by atoms with van der Waals surface area (Å²) >= 11 is 0. The van der Waals surface area contributed by atoms with Crippen LogP contribution in [-0.4, -0.2) is 24.0 Å². The highest BCUT2D eigenvalue weighted by atomic mass is 16.4. The second kappa shape index (κ2) is 4.59. The normalized spacial score (nSPS) is 11.9. The number of carbonyl (C=O) groups excluding carboxylic acids is 1. The van der Waals surface area contributed by atoms with Gasteiger partial charge in [0, 0.05) is 7.05 Å². The standard InChI is InChI=1S/C11H13NO3/c1-7(10(13)12-2)8-3-5-9(6-4-8)11(14)15/h3-7H,1-2H3,(H,12,13)(H,14,15)/t7-/m1/s1. The molecule has 80 valence electrons. The van der Waals surface area contributed by atoms with E-state index in [1.807, 2.05) is 0 Å². The average molecular weight is 207 g/mol. The smallest absolute Gasteiger partial charge is 0.335 e. The van der Waals surface area contributed by atoms with Gasteiger partial charge in [-0.25, -0.2) is 4.79 Å². The zero-order valence-electron chi connectivity index (χ0n) is 8.65. The number of carboxylic acid groups (broad SMARTS) is 1. The molecule has 15 heavy (non-hydrogen) atoms. The van der Waals surface area contributed by atoms with Gasteiger partial charge < -0.3 is 10.4 Å². The zero-order chi connectivity index (χ0) is 11.4. The van der Waals surface area contributed by atoms with Crippen molar-refractivity contribution < 1.29 is 14.7 Å². The number of amides is 1. The van der Waals surface area contributed by atoms with Crippen LogP contribution < -0.4 is 5.32 Å². The molecule has 0 fully saturated rings. The van der Waals surface area contributed by atoms with E-state index in [0.29, 0.717) is 0 Å². The van der Waals surface area contributed by atoms with Crippen molar-refractivity contribution in [1.82, 2.24) is 5.32 Å². The molecule has 1 atom stereocenters. The molecule has 1 rings (SSSR count). The molecule has 0 aromatic heterocycles. The van der Waals surface area contributed by atoms with Crippen molar-refractivity contribution >= 4 is 11.9 Å². The molecule has 0 aliphatic carbocycles. The van der Waals surface area contributed by atoms with Crippen molar-refractivity contribution in [1.29, 1.82) is 0 Å². The Hall–Kier alpha value is -1.84. The molecule has 4 heteroatoms. The predicted octanol–water partition coefficient (Wildman–Crippen LogP) is 1.23. The quantitative estimate of drug-likeness (QED) is 0.783. The first kappa shape index (κ1) is 11.2. The number of hydrogen-bond donors (Lipinski definition) is 2. The number of carboxylic acids is 1. The first-order valence-electron chi connectivity index (χ1n) is 4.61. The van der Waals surface area contributed by atoms with Crippen molar-refractivity contribution in [3.63, 3.8) is 0 Å². The fourth-order valence-corrected chi connectivity index (χ4v) is 1.28. The van der Waals surface area contributed by atoms with Gasteiger partial charge in [0.1, 0.15) is 0 Å². The largest absolute Gasteiger partial charge is 0.478 e. The van der Waals surface area contributed by atoms with Crippen molar-refractivity contribution in [3.05, 3.63) is 35.4 Å². The second-order valence-electron chi connectivity index (χ2n) is 3.26. The van der Waals surface area contributed by atoms with Crippen LogP contribution >= 0.6 is 0 Å². The van der Waals surface area contributed by atoms with Gasteiger partial charge in [0.15, 0.2) is 0 Å². The molecule has 0 bridgehead atoms. The lowest BCUT2D eigenvalue weighted by atomic mass is 9.99. The van der Waals surface area contributed by atoms with Crippen molar-refractivity contribution in [2.45, 2.75) is 12.8 Å². The van der Waals surface area contributed by atoms with Crippen LogP contribution in [0.25, 0.3) is 0 Å². The highest BCUT2D eigenvalue weighted by Gasteiger charge is 2.13. The molecule has 0 spiro atoms. The SMILES string of the molecule is CNC(=O)[C@H](C)c1ccc(C(=O)O)cc1. The van der Waals surface area contributed by atoms with E-state index in [0.717, 1.165) is 5.56 Å². The van der Waals surface area contributed by atoms with E-state index in [1.54, 1.807) is 26.1 Å². The van der Waals surface area contributed by atoms with Gasteiger partial charge in [-0.15, -0.1) is 0 Å². The molecule has 1 aromatic rings. The summed E-state index contributed by atoms with van der Waals surface area (Å²) in [6.07, 6.45) is 0. The maximum Gasteiger partial charge on any atom is 0.335 e. The van der Waals surface area contributed by atoms with Crippen LogP contribution in [-0.2, 0) is 4.79 Å². The van der Waals surface area contributed by atoms with Gasteiger partial charge in [0.05, 0.1) is 11.5 Å². The molecule has 1 amide bonds. The van der Waals surface area contributed by atoms with Gasteiger partial charge in [-0.2, -0.15) is 0 Å². The molecule has 0 saturated carbocycles. The van der Waals surface area contributed by atoms with E-state index in [-0.39, 0.29) is 17.4 Å². The molecular formula is C11H13NO3. The fraction of sp³-hybridized carbons (Fsp3) is 0.273. The predicted molar refractivity (Wildman–Crippen MR) is 55.9 cm³/mol. The summed E-state index contributed by atoms with van der Waals surface area (Å²) in [5.41, 5.74) is 1.03. The molecule has 0 saturated heterocycles. The van der Waals surface area contributed by atoms with Gasteiger partial charge in [-0.05, 0) is 24.6 Å². The second-order valence-corrected chi connectivity index (χ2v) is 3.26. The lowest BCUT2D eigenvalue weighted by Gasteiger charge is -2.09. The Morgan fingerprint density at radius 1 is 1.27 bits per heavy atom. The van der Waals surface area contributed by atoms with Gasteiger partial charge in [-0.1, -0.05) is 12.1 Å². The Labute approximate surface area is 87.9 Å². The molecular weight excluding hydrogens is 194 g/mol. The Balaban J connectivity index is 2.89. The molecule has 4 nitrogen and oxygen atoms in total. The van der Waals surface area contributed by atoms with Gasteiger partial charge in [-0.3, -0.25) is 4.79 Å². The van der Waals surface area contributed by atoms with E-state index in [4.69, 9.17) is 5.11 Å². The fourth-order valence-electron chi connectivity index (χ4n) is 1.28. The minimum Gasteiger partial charge on any atom is -0.478 e. The zero-order valence-corrected chi connectivity index (χ0v) is 8.65. The summed E-state index contributed by atoms with van der Waals surface area (Å²) < 4.78 is 0. The summed E-state index contributed by atoms with van der Waals surface area (Å²) in [6, 6.07) is 6.31. The van der Waals surface area contributed by atoms with Crippen molar-refractivity contribution in [2.75, 3.05) is 7.05 Å². The highest BCUT2D eigenvalue weighted by molar-refractivity contribution is 5.88. The molecule has 0 unspecified atom stereocenters. The first-order chi connectivity index (χ1) is 7.06. The van der Waals surface area contributed by atoms with Crippen LogP contribution in [0, 0.1) is 0 Å². The Morgan fingerprint density at radius 2 is 1.80 bits per heavy atom. The Bertz CT molecular complexity index is 370. The number of hydrogen-bond acceptors (Lipinski definition) is 2. The lowest BCUT2D eigenvalue weighted by Crippen LogP contribution is -2.23. The lowest BCUT2D eigenvalue weighted by molar-refractivity contribution is -0.121. The molecule has 1 aromatic carbocycles. The summed E-state index contributed by atoms with van der Waals surface area (Å²) in [6.45, 7) is 1.77. The third-order valence-electron chi connectivity index (χ3n) is 2.30. The summed E-state index contributed by atoms with van der Waals surface area (Å²) in [5, 5.41) is 11.2. The molecule has 0 aliphatic heterocycles. The third kappa shape index (κ3) is 2.56. The van der Waals surface area contributed by atoms with E-state index < -0.39 is 5.97 Å². The number of likely N-dealkylation sites (N-methyl/N-ethyl adjacent to an activating group) is 1. The Kier molecular flexibility index (Phi) is 3.44. The van der Waals surface area contributed by atoms with Gasteiger partial charge >= 0.3 is 5.97 Å². The molecule has 0 aliphatic rings. The minimum atomic E-state index is -0.964. The summed E-state index contributed by atoms with van der Waals surface area (Å²) in [4.78, 5) is 21.9. The summed E-state index contributed by atoms with van der Waals surface area (Å²) in [7, 11) is 1.57. The van der Waals surface area contributed by atoms with E-state index in [2.05, 4.69) is 5.32 Å². The van der Waals surface area contributed by atoms with Crippen LogP contribution in [0.1, 0.15) is 28.8 Å². The van der Waals surface area contributed by atoms with E-state index >= 15 is 0 Å². The van der Waals surface area contributed by atoms with E-state index in [9.17, 15) is 9.59 Å². The topological polar surface area (TPSA) is 66.4 Å². The summed E-state index contributed by atoms with van der Waals surface area (Å²) in [5.74, 6) is -1.31. The number of nitrogens with one attached hydrogen (secondary N) is 1. The molecule has 0 radical (unpaired) electrons. The average Bonchev–Trinajstić information content (AvgIpc) is 2.27. The highest BCUT2D eigenvalue weighted by Crippen LogP contribution is 2.15. The third-order valence-corrected chi connectivity index (χ3v) is 2.30. The number of benzene rings is 1. The number of aromatic carboxylic acids is 1. The van der Waals surface area contributed by atoms with Crippen LogP contribution in [0.4, 0.5) is 0 Å². The van der Waals surface area contributed by atoms with Crippen molar-refractivity contribution in [3.8, 4) is 0 Å². The molecule has 0 heterocycles. The van der Waals surface area contributed by atoms with Crippen LogP contribution in [0.5, 0.6) is 0 Å². The minimum absolute atomic E-state index is 0.0851. The van der Waals surface area contributed by atoms with Crippen LogP contribution in [0.15, 0.2) is 24.3 Å².